The molecule has 2 fully saturated rings. The summed E-state index contributed by atoms with van der Waals surface area (Å²) >= 11 is 0. The lowest BCUT2D eigenvalue weighted by Gasteiger charge is -2.40. The highest BCUT2D eigenvalue weighted by Crippen LogP contribution is 2.42. The maximum atomic E-state index is 12.1. The molecule has 0 aromatic heterocycles. The molecular formula is C12H21N3O. The summed E-state index contributed by atoms with van der Waals surface area (Å²) in [5.41, 5.74) is -0.153. The third-order valence-corrected chi connectivity index (χ3v) is 3.58. The molecule has 1 saturated heterocycles. The molecule has 1 aliphatic carbocycles. The molecule has 0 radical (unpaired) electrons. The lowest BCUT2D eigenvalue weighted by Crippen LogP contribution is -2.52. The quantitative estimate of drug-likeness (QED) is 0.706. The van der Waals surface area contributed by atoms with Crippen LogP contribution >= 0.6 is 0 Å². The summed E-state index contributed by atoms with van der Waals surface area (Å²) < 4.78 is 0. The van der Waals surface area contributed by atoms with Gasteiger partial charge in [-0.25, -0.2) is 0 Å². The maximum absolute atomic E-state index is 12.1. The van der Waals surface area contributed by atoms with Crippen molar-refractivity contribution in [3.63, 3.8) is 0 Å². The first kappa shape index (κ1) is 11.4. The summed E-state index contributed by atoms with van der Waals surface area (Å²) in [5.74, 6) is 0.762. The fourth-order valence-electron chi connectivity index (χ4n) is 2.94. The number of nitrogens with one attached hydrogen (secondary N) is 2. The molecule has 16 heavy (non-hydrogen) atoms. The van der Waals surface area contributed by atoms with Crippen LogP contribution in [-0.4, -0.2) is 24.0 Å². The molecule has 90 valence electrons. The number of hydrogen-bond acceptors (Lipinski definition) is 2. The molecule has 2 aliphatic rings. The van der Waals surface area contributed by atoms with Gasteiger partial charge in [-0.3, -0.25) is 15.1 Å². The zero-order valence-electron chi connectivity index (χ0n) is 10.4. The first-order valence-corrected chi connectivity index (χ1v) is 6.12. The maximum Gasteiger partial charge on any atom is 0.252 e. The van der Waals surface area contributed by atoms with Gasteiger partial charge in [-0.2, -0.15) is 0 Å². The summed E-state index contributed by atoms with van der Waals surface area (Å²) in [6.07, 6.45) is 4.12. The smallest absolute Gasteiger partial charge is 0.252 e. The summed E-state index contributed by atoms with van der Waals surface area (Å²) in [6, 6.07) is 0. The van der Waals surface area contributed by atoms with Gasteiger partial charge in [-0.15, -0.1) is 0 Å². The van der Waals surface area contributed by atoms with E-state index in [4.69, 9.17) is 0 Å². The van der Waals surface area contributed by atoms with E-state index >= 15 is 0 Å². The molecule has 1 saturated carbocycles. The van der Waals surface area contributed by atoms with Crippen LogP contribution in [0.5, 0.6) is 0 Å². The van der Waals surface area contributed by atoms with Crippen LogP contribution < -0.4 is 10.6 Å². The first-order chi connectivity index (χ1) is 7.47. The number of hydrogen-bond donors (Lipinski definition) is 2. The number of rotatable bonds is 1. The van der Waals surface area contributed by atoms with Crippen LogP contribution in [0.25, 0.3) is 0 Å². The second-order valence-electron chi connectivity index (χ2n) is 5.68. The van der Waals surface area contributed by atoms with Crippen molar-refractivity contribution in [2.24, 2.45) is 10.4 Å². The van der Waals surface area contributed by atoms with Gasteiger partial charge in [-0.05, 0) is 31.6 Å². The van der Waals surface area contributed by atoms with Crippen molar-refractivity contribution in [3.8, 4) is 0 Å². The molecule has 2 rings (SSSR count). The lowest BCUT2D eigenvalue weighted by molar-refractivity contribution is -0.126. The zero-order valence-corrected chi connectivity index (χ0v) is 10.4. The Balaban J connectivity index is 2.19. The summed E-state index contributed by atoms with van der Waals surface area (Å²) in [4.78, 5) is 16.3. The van der Waals surface area contributed by atoms with Gasteiger partial charge in [0, 0.05) is 6.54 Å². The minimum Gasteiger partial charge on any atom is -0.342 e. The van der Waals surface area contributed by atoms with Crippen molar-refractivity contribution >= 4 is 11.9 Å². The molecule has 0 aromatic rings. The van der Waals surface area contributed by atoms with Crippen LogP contribution in [0.15, 0.2) is 4.99 Å². The predicted molar refractivity (Wildman–Crippen MR) is 64.2 cm³/mol. The molecule has 1 aliphatic heterocycles. The van der Waals surface area contributed by atoms with Crippen LogP contribution in [0, 0.1) is 5.41 Å². The van der Waals surface area contributed by atoms with Crippen LogP contribution in [0.1, 0.15) is 46.5 Å². The molecule has 1 heterocycles. The molecule has 1 atom stereocenters. The second-order valence-corrected chi connectivity index (χ2v) is 5.68. The van der Waals surface area contributed by atoms with E-state index < -0.39 is 5.54 Å². The third-order valence-electron chi connectivity index (χ3n) is 3.58. The van der Waals surface area contributed by atoms with Gasteiger partial charge in [0.25, 0.3) is 5.91 Å². The van der Waals surface area contributed by atoms with E-state index in [0.717, 1.165) is 19.3 Å². The Hall–Kier alpha value is -1.06. The van der Waals surface area contributed by atoms with Gasteiger partial charge < -0.3 is 5.32 Å². The minimum atomic E-state index is -0.393. The Kier molecular flexibility index (Phi) is 2.68. The molecule has 0 aromatic carbocycles. The lowest BCUT2D eigenvalue weighted by atomic mass is 9.68. The van der Waals surface area contributed by atoms with Crippen molar-refractivity contribution in [1.82, 2.24) is 10.6 Å². The van der Waals surface area contributed by atoms with Crippen molar-refractivity contribution in [2.75, 3.05) is 6.54 Å². The third kappa shape index (κ3) is 1.93. The molecule has 0 bridgehead atoms. The van der Waals surface area contributed by atoms with Gasteiger partial charge in [0.05, 0.1) is 0 Å². The topological polar surface area (TPSA) is 53.5 Å². The fraction of sp³-hybridized carbons (Fsp3) is 0.833. The van der Waals surface area contributed by atoms with E-state index in [-0.39, 0.29) is 11.3 Å². The average Bonchev–Trinajstić information content (AvgIpc) is 2.41. The molecule has 1 unspecified atom stereocenters. The number of carbonyl (C=O) groups excluding carboxylic acids is 1. The van der Waals surface area contributed by atoms with E-state index in [1.807, 2.05) is 6.92 Å². The Bertz CT molecular complexity index is 335. The number of amides is 1. The summed E-state index contributed by atoms with van der Waals surface area (Å²) in [6.45, 7) is 7.13. The van der Waals surface area contributed by atoms with E-state index in [9.17, 15) is 4.79 Å². The minimum absolute atomic E-state index is 0.104. The second kappa shape index (κ2) is 3.75. The predicted octanol–water partition coefficient (Wildman–Crippen LogP) is 1.42. The van der Waals surface area contributed by atoms with Crippen molar-refractivity contribution < 1.29 is 4.79 Å². The fourth-order valence-corrected chi connectivity index (χ4v) is 2.94. The van der Waals surface area contributed by atoms with Gasteiger partial charge in [0.1, 0.15) is 5.54 Å². The molecule has 4 nitrogen and oxygen atoms in total. The van der Waals surface area contributed by atoms with Crippen molar-refractivity contribution in [1.29, 1.82) is 0 Å². The summed E-state index contributed by atoms with van der Waals surface area (Å²) in [5, 5.41) is 6.16. The molecule has 4 heteroatoms. The highest BCUT2D eigenvalue weighted by atomic mass is 16.2. The average molecular weight is 223 g/mol. The van der Waals surface area contributed by atoms with Gasteiger partial charge in [0.15, 0.2) is 5.96 Å². The standard InChI is InChI=1S/C12H21N3O/c1-4-13-10-14-9(16)12(15-10)7-5-6-11(2,3)8-12/h4-8H2,1-3H3,(H2,13,14,15,16). The zero-order chi connectivity index (χ0) is 11.8. The molecule has 2 N–H and O–H groups in total. The monoisotopic (exact) mass is 223 g/mol. The first-order valence-electron chi connectivity index (χ1n) is 6.12. The highest BCUT2D eigenvalue weighted by Gasteiger charge is 2.49. The van der Waals surface area contributed by atoms with Crippen LogP contribution in [0.4, 0.5) is 0 Å². The largest absolute Gasteiger partial charge is 0.342 e. The Morgan fingerprint density at radius 2 is 2.12 bits per heavy atom. The number of guanidine groups is 1. The summed E-state index contributed by atoms with van der Waals surface area (Å²) in [7, 11) is 0. The van der Waals surface area contributed by atoms with Crippen LogP contribution in [0.2, 0.25) is 0 Å². The highest BCUT2D eigenvalue weighted by molar-refractivity contribution is 6.09. The van der Waals surface area contributed by atoms with Crippen molar-refractivity contribution in [3.05, 3.63) is 0 Å². The van der Waals surface area contributed by atoms with Gasteiger partial charge >= 0.3 is 0 Å². The number of aliphatic imine (C=N–C) groups is 1. The van der Waals surface area contributed by atoms with Gasteiger partial charge in [-0.1, -0.05) is 20.3 Å². The SMILES string of the molecule is CCN=C1NC(=O)C2(CCCC(C)(C)C2)N1. The van der Waals surface area contributed by atoms with E-state index in [1.165, 1.54) is 6.42 Å². The molecular weight excluding hydrogens is 202 g/mol. The van der Waals surface area contributed by atoms with Crippen molar-refractivity contribution in [2.45, 2.75) is 52.0 Å². The normalized spacial score (nSPS) is 35.2. The Morgan fingerprint density at radius 1 is 1.38 bits per heavy atom. The molecule has 1 spiro atoms. The van der Waals surface area contributed by atoms with Crippen LogP contribution in [0.3, 0.4) is 0 Å². The number of nitrogens with zero attached hydrogens (tertiary/aromatic N) is 1. The van der Waals surface area contributed by atoms with E-state index in [1.54, 1.807) is 0 Å². The van der Waals surface area contributed by atoms with E-state index in [0.29, 0.717) is 12.5 Å². The number of carbonyl (C=O) groups is 1. The van der Waals surface area contributed by atoms with Gasteiger partial charge in [0.2, 0.25) is 0 Å². The van der Waals surface area contributed by atoms with E-state index in [2.05, 4.69) is 29.5 Å². The Labute approximate surface area is 96.9 Å². The Morgan fingerprint density at radius 3 is 2.75 bits per heavy atom. The van der Waals surface area contributed by atoms with Crippen LogP contribution in [-0.2, 0) is 4.79 Å². The molecule has 1 amide bonds.